The van der Waals surface area contributed by atoms with Crippen molar-refractivity contribution in [3.63, 3.8) is 0 Å². The second-order valence-corrected chi connectivity index (χ2v) is 5.25. The highest BCUT2D eigenvalue weighted by Gasteiger charge is 2.12. The molecular formula is C15H14BrNO2. The van der Waals surface area contributed by atoms with E-state index >= 15 is 0 Å². The van der Waals surface area contributed by atoms with Crippen LogP contribution in [0.4, 0.5) is 0 Å². The maximum Gasteiger partial charge on any atom is 0.252 e. The number of primary amides is 1. The van der Waals surface area contributed by atoms with Crippen molar-refractivity contribution in [1.29, 1.82) is 0 Å². The lowest BCUT2D eigenvalue weighted by Crippen LogP contribution is -2.12. The number of aryl methyl sites for hydroxylation is 2. The fourth-order valence-corrected chi connectivity index (χ4v) is 2.30. The third kappa shape index (κ3) is 3.15. The molecule has 0 saturated heterocycles. The molecule has 0 unspecified atom stereocenters. The minimum atomic E-state index is -0.502. The summed E-state index contributed by atoms with van der Waals surface area (Å²) in [6, 6.07) is 11.1. The van der Waals surface area contributed by atoms with Crippen LogP contribution in [-0.4, -0.2) is 5.91 Å². The molecule has 0 radical (unpaired) electrons. The number of hydrogen-bond donors (Lipinski definition) is 1. The Balaban J connectivity index is 2.42. The Labute approximate surface area is 120 Å². The third-order valence-corrected chi connectivity index (χ3v) is 3.33. The van der Waals surface area contributed by atoms with E-state index in [1.54, 1.807) is 12.1 Å². The first-order valence-corrected chi connectivity index (χ1v) is 6.61. The van der Waals surface area contributed by atoms with Crippen LogP contribution in [0.1, 0.15) is 21.5 Å². The summed E-state index contributed by atoms with van der Waals surface area (Å²) in [5.41, 5.74) is 7.85. The molecule has 0 aliphatic rings. The first-order chi connectivity index (χ1) is 8.97. The number of rotatable bonds is 3. The molecule has 0 fully saturated rings. The highest BCUT2D eigenvalue weighted by molar-refractivity contribution is 9.10. The van der Waals surface area contributed by atoms with Crippen LogP contribution in [0, 0.1) is 13.8 Å². The predicted octanol–water partition coefficient (Wildman–Crippen LogP) is 3.96. The lowest BCUT2D eigenvalue weighted by Gasteiger charge is -2.12. The van der Waals surface area contributed by atoms with Crippen molar-refractivity contribution in [2.75, 3.05) is 0 Å². The summed E-state index contributed by atoms with van der Waals surface area (Å²) >= 11 is 3.44. The van der Waals surface area contributed by atoms with Crippen LogP contribution >= 0.6 is 15.9 Å². The second kappa shape index (κ2) is 5.45. The van der Waals surface area contributed by atoms with Crippen LogP contribution in [0.25, 0.3) is 0 Å². The largest absolute Gasteiger partial charge is 0.455 e. The molecule has 0 atom stereocenters. The Morgan fingerprint density at radius 3 is 2.32 bits per heavy atom. The van der Waals surface area contributed by atoms with Crippen molar-refractivity contribution in [1.82, 2.24) is 0 Å². The fraction of sp³-hybridized carbons (Fsp3) is 0.133. The van der Waals surface area contributed by atoms with Crippen molar-refractivity contribution in [2.45, 2.75) is 13.8 Å². The number of ether oxygens (including phenoxy) is 1. The molecule has 2 aromatic carbocycles. The van der Waals surface area contributed by atoms with E-state index < -0.39 is 5.91 Å². The summed E-state index contributed by atoms with van der Waals surface area (Å²) in [5, 5.41) is 0. The molecule has 4 heteroatoms. The van der Waals surface area contributed by atoms with Crippen LogP contribution in [0.15, 0.2) is 40.9 Å². The fourth-order valence-electron chi connectivity index (χ4n) is 1.72. The average Bonchev–Trinajstić information content (AvgIpc) is 2.32. The predicted molar refractivity (Wildman–Crippen MR) is 78.6 cm³/mol. The van der Waals surface area contributed by atoms with Crippen molar-refractivity contribution in [2.24, 2.45) is 5.73 Å². The molecule has 98 valence electrons. The van der Waals surface area contributed by atoms with E-state index in [1.807, 2.05) is 38.1 Å². The van der Waals surface area contributed by atoms with Crippen molar-refractivity contribution < 1.29 is 9.53 Å². The van der Waals surface area contributed by atoms with Gasteiger partial charge in [-0.05, 0) is 65.2 Å². The number of halogens is 1. The van der Waals surface area contributed by atoms with Crippen LogP contribution in [-0.2, 0) is 0 Å². The zero-order chi connectivity index (χ0) is 14.0. The van der Waals surface area contributed by atoms with Crippen LogP contribution < -0.4 is 10.5 Å². The first kappa shape index (κ1) is 13.6. The molecule has 2 rings (SSSR count). The summed E-state index contributed by atoms with van der Waals surface area (Å²) in [6.45, 7) is 3.93. The van der Waals surface area contributed by atoms with Gasteiger partial charge < -0.3 is 10.5 Å². The Morgan fingerprint density at radius 1 is 1.05 bits per heavy atom. The molecule has 2 aromatic rings. The minimum absolute atomic E-state index is 0.373. The molecule has 0 bridgehead atoms. The maximum atomic E-state index is 11.4. The first-order valence-electron chi connectivity index (χ1n) is 5.82. The number of amides is 1. The van der Waals surface area contributed by atoms with Crippen molar-refractivity contribution in [3.8, 4) is 11.5 Å². The quantitative estimate of drug-likeness (QED) is 0.931. The highest BCUT2D eigenvalue weighted by atomic mass is 79.9. The van der Waals surface area contributed by atoms with Gasteiger partial charge in [0.25, 0.3) is 5.91 Å². The Morgan fingerprint density at radius 2 is 1.68 bits per heavy atom. The lowest BCUT2D eigenvalue weighted by molar-refractivity contribution is 0.0998. The van der Waals surface area contributed by atoms with Crippen LogP contribution in [0.2, 0.25) is 0 Å². The van der Waals surface area contributed by atoms with Gasteiger partial charge in [0.2, 0.25) is 0 Å². The summed E-state index contributed by atoms with van der Waals surface area (Å²) in [4.78, 5) is 11.4. The number of benzene rings is 2. The number of carbonyl (C=O) groups is 1. The molecular weight excluding hydrogens is 306 g/mol. The molecule has 0 aliphatic heterocycles. The third-order valence-electron chi connectivity index (χ3n) is 2.71. The summed E-state index contributed by atoms with van der Waals surface area (Å²) < 4.78 is 6.63. The van der Waals surface area contributed by atoms with E-state index in [4.69, 9.17) is 10.5 Å². The number of hydrogen-bond acceptors (Lipinski definition) is 2. The molecule has 0 spiro atoms. The summed E-state index contributed by atoms with van der Waals surface area (Å²) in [6.07, 6.45) is 0. The van der Waals surface area contributed by atoms with Gasteiger partial charge in [0.15, 0.2) is 0 Å². The molecule has 0 heterocycles. The zero-order valence-electron chi connectivity index (χ0n) is 10.7. The molecule has 0 aromatic heterocycles. The Kier molecular flexibility index (Phi) is 3.90. The zero-order valence-corrected chi connectivity index (χ0v) is 12.3. The standard InChI is InChI=1S/C15H14BrNO2/c1-9-4-6-13(12(16)7-9)19-14-8-10(2)3-5-11(14)15(17)18/h3-8H,1-2H3,(H2,17,18). The van der Waals surface area contributed by atoms with Gasteiger partial charge in [-0.15, -0.1) is 0 Å². The molecule has 0 aliphatic carbocycles. The summed E-state index contributed by atoms with van der Waals surface area (Å²) in [5.74, 6) is 0.619. The number of carbonyl (C=O) groups excluding carboxylic acids is 1. The van der Waals surface area contributed by atoms with Gasteiger partial charge in [0.1, 0.15) is 11.5 Å². The van der Waals surface area contributed by atoms with E-state index in [2.05, 4.69) is 15.9 Å². The van der Waals surface area contributed by atoms with Gasteiger partial charge in [0, 0.05) is 0 Å². The van der Waals surface area contributed by atoms with Gasteiger partial charge in [-0.1, -0.05) is 12.1 Å². The Bertz CT molecular complexity index is 638. The summed E-state index contributed by atoms with van der Waals surface area (Å²) in [7, 11) is 0. The Hall–Kier alpha value is -1.81. The van der Waals surface area contributed by atoms with Crippen LogP contribution in [0.3, 0.4) is 0 Å². The molecule has 1 amide bonds. The monoisotopic (exact) mass is 319 g/mol. The van der Waals surface area contributed by atoms with E-state index in [0.29, 0.717) is 17.1 Å². The molecule has 3 nitrogen and oxygen atoms in total. The maximum absolute atomic E-state index is 11.4. The molecule has 19 heavy (non-hydrogen) atoms. The molecule has 0 saturated carbocycles. The van der Waals surface area contributed by atoms with Gasteiger partial charge in [-0.2, -0.15) is 0 Å². The van der Waals surface area contributed by atoms with Gasteiger partial charge in [0.05, 0.1) is 10.0 Å². The van der Waals surface area contributed by atoms with Gasteiger partial charge in [-0.25, -0.2) is 0 Å². The van der Waals surface area contributed by atoms with Crippen molar-refractivity contribution in [3.05, 3.63) is 57.6 Å². The molecule has 2 N–H and O–H groups in total. The van der Waals surface area contributed by atoms with Crippen molar-refractivity contribution >= 4 is 21.8 Å². The normalized spacial score (nSPS) is 10.3. The number of nitrogens with two attached hydrogens (primary N) is 1. The smallest absolute Gasteiger partial charge is 0.252 e. The van der Waals surface area contributed by atoms with E-state index in [0.717, 1.165) is 15.6 Å². The minimum Gasteiger partial charge on any atom is -0.455 e. The lowest BCUT2D eigenvalue weighted by atomic mass is 10.1. The van der Waals surface area contributed by atoms with E-state index in [1.165, 1.54) is 0 Å². The van der Waals surface area contributed by atoms with Crippen LogP contribution in [0.5, 0.6) is 11.5 Å². The van der Waals surface area contributed by atoms with Gasteiger partial charge in [-0.3, -0.25) is 4.79 Å². The SMILES string of the molecule is Cc1ccc(Oc2cc(C)ccc2C(N)=O)c(Br)c1. The average molecular weight is 320 g/mol. The second-order valence-electron chi connectivity index (χ2n) is 4.40. The topological polar surface area (TPSA) is 52.3 Å². The highest BCUT2D eigenvalue weighted by Crippen LogP contribution is 2.32. The van der Waals surface area contributed by atoms with Gasteiger partial charge >= 0.3 is 0 Å². The van der Waals surface area contributed by atoms with E-state index in [-0.39, 0.29) is 0 Å². The van der Waals surface area contributed by atoms with E-state index in [9.17, 15) is 4.79 Å².